The summed E-state index contributed by atoms with van der Waals surface area (Å²) in [5.74, 6) is 0.237. The molecule has 0 unspecified atom stereocenters. The van der Waals surface area contributed by atoms with E-state index in [0.29, 0.717) is 12.8 Å². The predicted octanol–water partition coefficient (Wildman–Crippen LogP) is 6.65. The number of fused-ring (bicyclic) bond motifs is 1. The van der Waals surface area contributed by atoms with E-state index in [1.807, 2.05) is 48.5 Å². The quantitative estimate of drug-likeness (QED) is 0.338. The van der Waals surface area contributed by atoms with Crippen LogP contribution in [0.2, 0.25) is 0 Å². The van der Waals surface area contributed by atoms with Crippen molar-refractivity contribution < 1.29 is 4.79 Å². The van der Waals surface area contributed by atoms with Gasteiger partial charge in [0.15, 0.2) is 0 Å². The van der Waals surface area contributed by atoms with E-state index in [1.54, 1.807) is 6.08 Å². The van der Waals surface area contributed by atoms with Gasteiger partial charge in [-0.1, -0.05) is 72.8 Å². The number of nitrogens with zero attached hydrogens (tertiary/aromatic N) is 1. The predicted molar refractivity (Wildman–Crippen MR) is 121 cm³/mol. The van der Waals surface area contributed by atoms with Crippen molar-refractivity contribution in [3.8, 4) is 22.4 Å². The van der Waals surface area contributed by atoms with Gasteiger partial charge >= 0.3 is 0 Å². The van der Waals surface area contributed by atoms with Crippen molar-refractivity contribution >= 4 is 16.7 Å². The van der Waals surface area contributed by atoms with Gasteiger partial charge < -0.3 is 0 Å². The first-order chi connectivity index (χ1) is 14.2. The Morgan fingerprint density at radius 3 is 2.24 bits per heavy atom. The minimum absolute atomic E-state index is 0.237. The first-order valence-corrected chi connectivity index (χ1v) is 9.92. The molecule has 142 valence electrons. The molecule has 0 atom stereocenters. The minimum Gasteiger partial charge on any atom is -0.299 e. The van der Waals surface area contributed by atoms with Crippen molar-refractivity contribution in [2.24, 2.45) is 0 Å². The molecule has 3 aromatic carbocycles. The molecule has 0 bridgehead atoms. The standard InChI is InChI=1S/C27H23NO/c1-2-3-14-24(29)18-20-15-16-26-23(17-20)19-25(21-10-6-4-7-11-21)27(28-26)22-12-8-5-9-13-22/h2,4-13,15-17,19H,1,3,14,18H2. The molecule has 0 saturated heterocycles. The topological polar surface area (TPSA) is 30.0 Å². The first kappa shape index (κ1) is 18.8. The van der Waals surface area contributed by atoms with Crippen LogP contribution in [0.4, 0.5) is 0 Å². The Labute approximate surface area is 171 Å². The van der Waals surface area contributed by atoms with Crippen molar-refractivity contribution in [3.05, 3.63) is 103 Å². The molecule has 0 spiro atoms. The summed E-state index contributed by atoms with van der Waals surface area (Å²) in [5.41, 5.74) is 6.26. The summed E-state index contributed by atoms with van der Waals surface area (Å²) in [6.45, 7) is 3.69. The number of Topliss-reactive ketones (excluding diaryl/α,β-unsaturated/α-hetero) is 1. The van der Waals surface area contributed by atoms with Gasteiger partial charge in [0.05, 0.1) is 11.2 Å². The highest BCUT2D eigenvalue weighted by molar-refractivity contribution is 5.92. The van der Waals surface area contributed by atoms with Gasteiger partial charge in [-0.2, -0.15) is 0 Å². The van der Waals surface area contributed by atoms with Crippen LogP contribution in [0.3, 0.4) is 0 Å². The molecule has 4 aromatic rings. The fourth-order valence-electron chi connectivity index (χ4n) is 3.57. The molecule has 0 amide bonds. The van der Waals surface area contributed by atoms with E-state index >= 15 is 0 Å². The molecule has 0 aliphatic rings. The van der Waals surface area contributed by atoms with Gasteiger partial charge in [-0.25, -0.2) is 4.98 Å². The van der Waals surface area contributed by atoms with Crippen molar-refractivity contribution in [1.82, 2.24) is 4.98 Å². The van der Waals surface area contributed by atoms with Crippen LogP contribution in [-0.2, 0) is 11.2 Å². The van der Waals surface area contributed by atoms with Gasteiger partial charge in [0, 0.05) is 29.4 Å². The van der Waals surface area contributed by atoms with Crippen LogP contribution in [0.15, 0.2) is 97.6 Å². The van der Waals surface area contributed by atoms with Crippen LogP contribution in [0, 0.1) is 0 Å². The number of rotatable bonds is 7. The Morgan fingerprint density at radius 2 is 1.55 bits per heavy atom. The number of aromatic nitrogens is 1. The molecule has 2 nitrogen and oxygen atoms in total. The molecule has 0 fully saturated rings. The highest BCUT2D eigenvalue weighted by Crippen LogP contribution is 2.33. The van der Waals surface area contributed by atoms with Crippen molar-refractivity contribution in [2.45, 2.75) is 19.3 Å². The molecule has 0 aliphatic heterocycles. The second-order valence-corrected chi connectivity index (χ2v) is 7.19. The number of pyridine rings is 1. The van der Waals surface area contributed by atoms with Gasteiger partial charge in [-0.05, 0) is 35.7 Å². The third kappa shape index (κ3) is 4.33. The van der Waals surface area contributed by atoms with Crippen molar-refractivity contribution in [2.75, 3.05) is 0 Å². The lowest BCUT2D eigenvalue weighted by Gasteiger charge is -2.12. The summed E-state index contributed by atoms with van der Waals surface area (Å²) in [5, 5.41) is 1.05. The van der Waals surface area contributed by atoms with E-state index in [4.69, 9.17) is 4.98 Å². The lowest BCUT2D eigenvalue weighted by Crippen LogP contribution is -2.02. The summed E-state index contributed by atoms with van der Waals surface area (Å²) in [6.07, 6.45) is 3.51. The number of allylic oxidation sites excluding steroid dienone is 1. The Morgan fingerprint density at radius 1 is 0.862 bits per heavy atom. The average molecular weight is 377 g/mol. The molecule has 0 radical (unpaired) electrons. The fourth-order valence-corrected chi connectivity index (χ4v) is 3.57. The normalized spacial score (nSPS) is 10.8. The molecular weight excluding hydrogens is 354 g/mol. The molecule has 2 heteroatoms. The van der Waals surface area contributed by atoms with Crippen LogP contribution >= 0.6 is 0 Å². The van der Waals surface area contributed by atoms with E-state index in [9.17, 15) is 4.79 Å². The van der Waals surface area contributed by atoms with Gasteiger partial charge in [-0.15, -0.1) is 6.58 Å². The molecular formula is C27H23NO. The number of carbonyl (C=O) groups excluding carboxylic acids is 1. The van der Waals surface area contributed by atoms with Gasteiger partial charge in [0.25, 0.3) is 0 Å². The van der Waals surface area contributed by atoms with E-state index in [1.165, 1.54) is 0 Å². The van der Waals surface area contributed by atoms with E-state index in [0.717, 1.165) is 45.3 Å². The number of benzene rings is 3. The summed E-state index contributed by atoms with van der Waals surface area (Å²) in [4.78, 5) is 17.2. The Kier molecular flexibility index (Phi) is 5.62. The minimum atomic E-state index is 0.237. The highest BCUT2D eigenvalue weighted by atomic mass is 16.1. The smallest absolute Gasteiger partial charge is 0.137 e. The van der Waals surface area contributed by atoms with Crippen molar-refractivity contribution in [3.63, 3.8) is 0 Å². The Bertz CT molecular complexity index is 1150. The number of hydrogen-bond acceptors (Lipinski definition) is 2. The van der Waals surface area contributed by atoms with Crippen LogP contribution in [0.25, 0.3) is 33.3 Å². The maximum atomic E-state index is 12.2. The average Bonchev–Trinajstić information content (AvgIpc) is 2.78. The van der Waals surface area contributed by atoms with Gasteiger partial charge in [0.1, 0.15) is 5.78 Å². The Hall–Kier alpha value is -3.52. The zero-order valence-electron chi connectivity index (χ0n) is 16.3. The summed E-state index contributed by atoms with van der Waals surface area (Å²) >= 11 is 0. The summed E-state index contributed by atoms with van der Waals surface area (Å²) < 4.78 is 0. The molecule has 4 rings (SSSR count). The van der Waals surface area contributed by atoms with Crippen molar-refractivity contribution in [1.29, 1.82) is 0 Å². The third-order valence-electron chi connectivity index (χ3n) is 5.04. The van der Waals surface area contributed by atoms with Crippen LogP contribution in [0.1, 0.15) is 18.4 Å². The monoisotopic (exact) mass is 377 g/mol. The van der Waals surface area contributed by atoms with E-state index < -0.39 is 0 Å². The van der Waals surface area contributed by atoms with E-state index in [-0.39, 0.29) is 5.78 Å². The molecule has 0 saturated carbocycles. The second-order valence-electron chi connectivity index (χ2n) is 7.19. The Balaban J connectivity index is 1.80. The number of carbonyl (C=O) groups is 1. The number of hydrogen-bond donors (Lipinski definition) is 0. The maximum Gasteiger partial charge on any atom is 0.137 e. The van der Waals surface area contributed by atoms with Crippen LogP contribution < -0.4 is 0 Å². The zero-order chi connectivity index (χ0) is 20.1. The molecule has 29 heavy (non-hydrogen) atoms. The summed E-state index contributed by atoms with van der Waals surface area (Å²) in [7, 11) is 0. The molecule has 1 heterocycles. The third-order valence-corrected chi connectivity index (χ3v) is 5.04. The van der Waals surface area contributed by atoms with Gasteiger partial charge in [0.2, 0.25) is 0 Å². The molecule has 1 aromatic heterocycles. The molecule has 0 N–H and O–H groups in total. The highest BCUT2D eigenvalue weighted by Gasteiger charge is 2.12. The van der Waals surface area contributed by atoms with Crippen LogP contribution in [0.5, 0.6) is 0 Å². The lowest BCUT2D eigenvalue weighted by molar-refractivity contribution is -0.118. The maximum absolute atomic E-state index is 12.2. The second kappa shape index (κ2) is 8.66. The summed E-state index contributed by atoms with van der Waals surface area (Å²) in [6, 6.07) is 28.9. The lowest BCUT2D eigenvalue weighted by atomic mass is 9.96. The fraction of sp³-hybridized carbons (Fsp3) is 0.111. The zero-order valence-corrected chi connectivity index (χ0v) is 16.3. The van der Waals surface area contributed by atoms with Gasteiger partial charge in [-0.3, -0.25) is 4.79 Å². The largest absolute Gasteiger partial charge is 0.299 e. The van der Waals surface area contributed by atoms with E-state index in [2.05, 4.69) is 43.0 Å². The first-order valence-electron chi connectivity index (χ1n) is 9.92. The number of ketones is 1. The SMILES string of the molecule is C=CCCC(=O)Cc1ccc2nc(-c3ccccc3)c(-c3ccccc3)cc2c1. The molecule has 0 aliphatic carbocycles. The van der Waals surface area contributed by atoms with Crippen LogP contribution in [-0.4, -0.2) is 10.8 Å².